The van der Waals surface area contributed by atoms with Crippen LogP contribution in [0.3, 0.4) is 0 Å². The van der Waals surface area contributed by atoms with Gasteiger partial charge in [-0.3, -0.25) is 4.98 Å². The zero-order valence-electron chi connectivity index (χ0n) is 16.2. The van der Waals surface area contributed by atoms with Gasteiger partial charge in [0.15, 0.2) is 0 Å². The van der Waals surface area contributed by atoms with Crippen molar-refractivity contribution in [3.63, 3.8) is 0 Å². The lowest BCUT2D eigenvalue weighted by atomic mass is 10.1. The maximum atomic E-state index is 9.80. The summed E-state index contributed by atoms with van der Waals surface area (Å²) in [6, 6.07) is 13.3. The summed E-state index contributed by atoms with van der Waals surface area (Å²) >= 11 is 13.5. The molecule has 0 spiro atoms. The van der Waals surface area contributed by atoms with Crippen LogP contribution in [-0.4, -0.2) is 26.5 Å². The fraction of sp³-hybridized carbons (Fsp3) is 0.136. The van der Waals surface area contributed by atoms with E-state index in [4.69, 9.17) is 23.2 Å². The lowest BCUT2D eigenvalue weighted by Gasteiger charge is -2.09. The molecule has 0 fully saturated rings. The van der Waals surface area contributed by atoms with Gasteiger partial charge in [-0.25, -0.2) is 15.0 Å². The Hall–Kier alpha value is -3.05. The maximum absolute atomic E-state index is 9.80. The van der Waals surface area contributed by atoms with Crippen molar-refractivity contribution in [3.05, 3.63) is 86.7 Å². The van der Waals surface area contributed by atoms with Gasteiger partial charge in [-0.15, -0.1) is 11.3 Å². The van der Waals surface area contributed by atoms with Crippen LogP contribution in [0.25, 0.3) is 11.3 Å². The highest BCUT2D eigenvalue weighted by atomic mass is 35.5. The van der Waals surface area contributed by atoms with Crippen molar-refractivity contribution in [3.8, 4) is 17.3 Å². The Balaban J connectivity index is 1.49. The third-order valence-electron chi connectivity index (χ3n) is 4.51. The van der Waals surface area contributed by atoms with E-state index in [1.807, 2.05) is 29.8 Å². The van der Waals surface area contributed by atoms with Crippen LogP contribution in [0, 0.1) is 11.3 Å². The molecule has 4 aromatic rings. The monoisotopic (exact) mass is 466 g/mol. The summed E-state index contributed by atoms with van der Waals surface area (Å²) < 4.78 is 0. The number of anilines is 1. The standard InChI is InChI=1S/C22H16Cl2N6S/c23-17-4-3-15(10-18(17)24)20-13-31-21(29-20)16(11-25)19-6-9-28-22(30-19)27-8-5-14-2-1-7-26-12-14/h1-4,6-7,9-10,12-13,16H,5,8H2,(H,27,28,30). The molecule has 0 bridgehead atoms. The van der Waals surface area contributed by atoms with Gasteiger partial charge < -0.3 is 5.32 Å². The summed E-state index contributed by atoms with van der Waals surface area (Å²) in [5.74, 6) is -0.119. The number of halogens is 2. The predicted octanol–water partition coefficient (Wildman–Crippen LogP) is 5.61. The minimum absolute atomic E-state index is 0.461. The number of nitrogens with zero attached hydrogens (tertiary/aromatic N) is 5. The molecule has 0 radical (unpaired) electrons. The fourth-order valence-corrected chi connectivity index (χ4v) is 4.12. The van der Waals surface area contributed by atoms with Crippen LogP contribution in [0.5, 0.6) is 0 Å². The second kappa shape index (κ2) is 9.84. The Morgan fingerprint density at radius 3 is 2.77 bits per heavy atom. The van der Waals surface area contributed by atoms with Gasteiger partial charge in [0.2, 0.25) is 5.95 Å². The van der Waals surface area contributed by atoms with E-state index >= 15 is 0 Å². The molecular weight excluding hydrogens is 451 g/mol. The average molecular weight is 467 g/mol. The molecule has 31 heavy (non-hydrogen) atoms. The Kier molecular flexibility index (Phi) is 6.73. The average Bonchev–Trinajstić information content (AvgIpc) is 3.27. The summed E-state index contributed by atoms with van der Waals surface area (Å²) in [6.45, 7) is 0.658. The zero-order chi connectivity index (χ0) is 21.6. The van der Waals surface area contributed by atoms with Crippen molar-refractivity contribution in [2.45, 2.75) is 12.3 Å². The lowest BCUT2D eigenvalue weighted by molar-refractivity contribution is 0.913. The summed E-state index contributed by atoms with van der Waals surface area (Å²) in [4.78, 5) is 17.5. The lowest BCUT2D eigenvalue weighted by Crippen LogP contribution is -2.10. The molecule has 0 saturated heterocycles. The molecule has 0 aliphatic heterocycles. The van der Waals surface area contributed by atoms with E-state index in [0.717, 1.165) is 23.2 Å². The van der Waals surface area contributed by atoms with E-state index in [-0.39, 0.29) is 0 Å². The van der Waals surface area contributed by atoms with Crippen molar-refractivity contribution in [2.75, 3.05) is 11.9 Å². The number of thiazole rings is 1. The van der Waals surface area contributed by atoms with Gasteiger partial charge in [0.1, 0.15) is 10.9 Å². The highest BCUT2D eigenvalue weighted by molar-refractivity contribution is 7.10. The molecule has 1 aromatic carbocycles. The molecule has 0 saturated carbocycles. The van der Waals surface area contributed by atoms with E-state index in [1.54, 1.807) is 30.6 Å². The van der Waals surface area contributed by atoms with Crippen molar-refractivity contribution >= 4 is 40.5 Å². The third-order valence-corrected chi connectivity index (χ3v) is 6.15. The molecule has 3 heterocycles. The molecule has 9 heteroatoms. The van der Waals surface area contributed by atoms with Gasteiger partial charge in [-0.1, -0.05) is 35.3 Å². The number of pyridine rings is 1. The molecule has 6 nitrogen and oxygen atoms in total. The highest BCUT2D eigenvalue weighted by Gasteiger charge is 2.20. The molecular formula is C22H16Cl2N6S. The van der Waals surface area contributed by atoms with Crippen LogP contribution >= 0.6 is 34.5 Å². The van der Waals surface area contributed by atoms with Gasteiger partial charge >= 0.3 is 0 Å². The molecule has 1 unspecified atom stereocenters. The van der Waals surface area contributed by atoms with E-state index in [0.29, 0.717) is 33.2 Å². The number of aromatic nitrogens is 4. The van der Waals surface area contributed by atoms with Crippen LogP contribution < -0.4 is 5.32 Å². The van der Waals surface area contributed by atoms with Crippen LogP contribution in [0.4, 0.5) is 5.95 Å². The van der Waals surface area contributed by atoms with Crippen LogP contribution in [-0.2, 0) is 6.42 Å². The van der Waals surface area contributed by atoms with Crippen molar-refractivity contribution in [1.82, 2.24) is 19.9 Å². The molecule has 1 N–H and O–H groups in total. The molecule has 0 aliphatic rings. The smallest absolute Gasteiger partial charge is 0.222 e. The normalized spacial score (nSPS) is 11.6. The van der Waals surface area contributed by atoms with E-state index in [2.05, 4.69) is 31.3 Å². The zero-order valence-corrected chi connectivity index (χ0v) is 18.5. The largest absolute Gasteiger partial charge is 0.354 e. The SMILES string of the molecule is N#CC(c1ccnc(NCCc2cccnc2)n1)c1nc(-c2ccc(Cl)c(Cl)c2)cs1. The van der Waals surface area contributed by atoms with Crippen LogP contribution in [0.1, 0.15) is 22.2 Å². The van der Waals surface area contributed by atoms with Gasteiger partial charge in [-0.05, 0) is 36.2 Å². The molecule has 154 valence electrons. The summed E-state index contributed by atoms with van der Waals surface area (Å²) in [5.41, 5.74) is 3.30. The molecule has 0 aliphatic carbocycles. The molecule has 4 rings (SSSR count). The third kappa shape index (κ3) is 5.17. The Morgan fingerprint density at radius 2 is 2.00 bits per heavy atom. The first-order valence-corrected chi connectivity index (χ1v) is 11.0. The van der Waals surface area contributed by atoms with Crippen molar-refractivity contribution < 1.29 is 0 Å². The fourth-order valence-electron chi connectivity index (χ4n) is 2.94. The summed E-state index contributed by atoms with van der Waals surface area (Å²) in [6.07, 6.45) is 6.02. The quantitative estimate of drug-likeness (QED) is 0.380. The predicted molar refractivity (Wildman–Crippen MR) is 123 cm³/mol. The topological polar surface area (TPSA) is 87.4 Å². The number of hydrogen-bond donors (Lipinski definition) is 1. The Labute approximate surface area is 193 Å². The summed E-state index contributed by atoms with van der Waals surface area (Å²) in [5, 5.41) is 16.5. The van der Waals surface area contributed by atoms with Gasteiger partial charge in [0, 0.05) is 36.1 Å². The van der Waals surface area contributed by atoms with E-state index in [1.165, 1.54) is 11.3 Å². The molecule has 0 amide bonds. The number of hydrogen-bond acceptors (Lipinski definition) is 7. The first kappa shape index (κ1) is 21.2. The van der Waals surface area contributed by atoms with Gasteiger partial charge in [0.05, 0.1) is 27.5 Å². The maximum Gasteiger partial charge on any atom is 0.222 e. The van der Waals surface area contributed by atoms with Gasteiger partial charge in [0.25, 0.3) is 0 Å². The van der Waals surface area contributed by atoms with Crippen molar-refractivity contribution in [1.29, 1.82) is 5.26 Å². The Morgan fingerprint density at radius 1 is 1.10 bits per heavy atom. The second-order valence-electron chi connectivity index (χ2n) is 6.61. The van der Waals surface area contributed by atoms with E-state index in [9.17, 15) is 5.26 Å². The minimum atomic E-state index is -0.594. The molecule has 3 aromatic heterocycles. The molecule has 1 atom stereocenters. The van der Waals surface area contributed by atoms with E-state index < -0.39 is 5.92 Å². The second-order valence-corrected chi connectivity index (χ2v) is 8.31. The van der Waals surface area contributed by atoms with Crippen LogP contribution in [0.2, 0.25) is 10.0 Å². The number of nitriles is 1. The van der Waals surface area contributed by atoms with Crippen molar-refractivity contribution in [2.24, 2.45) is 0 Å². The first-order chi connectivity index (χ1) is 15.1. The van der Waals surface area contributed by atoms with Gasteiger partial charge in [-0.2, -0.15) is 5.26 Å². The first-order valence-electron chi connectivity index (χ1n) is 9.40. The summed E-state index contributed by atoms with van der Waals surface area (Å²) in [7, 11) is 0. The highest BCUT2D eigenvalue weighted by Crippen LogP contribution is 2.32. The number of benzene rings is 1. The number of rotatable bonds is 7. The van der Waals surface area contributed by atoms with Crippen LogP contribution in [0.15, 0.2) is 60.4 Å². The minimum Gasteiger partial charge on any atom is -0.354 e. The Bertz CT molecular complexity index is 1220. The number of nitrogens with one attached hydrogen (secondary N) is 1.